The minimum Gasteiger partial charge on any atom is -0.399 e. The second kappa shape index (κ2) is 4.94. The molecule has 2 rings (SSSR count). The van der Waals surface area contributed by atoms with Gasteiger partial charge in [0, 0.05) is 0 Å². The monoisotopic (exact) mass is 316 g/mol. The van der Waals surface area contributed by atoms with E-state index in [0.29, 0.717) is 5.46 Å². The van der Waals surface area contributed by atoms with Crippen LogP contribution in [0.2, 0.25) is 0 Å². The molecule has 1 aliphatic rings. The molecule has 21 heavy (non-hydrogen) atoms. The first-order valence-corrected chi connectivity index (χ1v) is 7.91. The van der Waals surface area contributed by atoms with Crippen molar-refractivity contribution in [2.75, 3.05) is 4.72 Å². The highest BCUT2D eigenvalue weighted by molar-refractivity contribution is 7.90. The molecule has 1 aromatic carbocycles. The first-order valence-electron chi connectivity index (χ1n) is 6.37. The molecule has 3 N–H and O–H groups in total. The van der Waals surface area contributed by atoms with Crippen LogP contribution in [0.3, 0.4) is 0 Å². The molecule has 0 spiro atoms. The molecule has 1 aromatic rings. The van der Waals surface area contributed by atoms with Gasteiger partial charge in [0.15, 0.2) is 0 Å². The number of halogens is 1. The van der Waals surface area contributed by atoms with Gasteiger partial charge in [0.2, 0.25) is 0 Å². The Morgan fingerprint density at radius 2 is 1.71 bits per heavy atom. The van der Waals surface area contributed by atoms with E-state index in [0.717, 1.165) is 6.07 Å². The van der Waals surface area contributed by atoms with Gasteiger partial charge in [-0.3, -0.25) is 4.72 Å². The summed E-state index contributed by atoms with van der Waals surface area (Å²) in [6.45, 7) is 7.56. The topological polar surface area (TPSA) is 90.6 Å². The predicted molar refractivity (Wildman–Crippen MR) is 78.8 cm³/mol. The summed E-state index contributed by atoms with van der Waals surface area (Å²) in [5, 5.41) is 4.81. The lowest BCUT2D eigenvalue weighted by molar-refractivity contribution is 0.00578. The fourth-order valence-electron chi connectivity index (χ4n) is 1.89. The average Bonchev–Trinajstić information content (AvgIpc) is 2.49. The van der Waals surface area contributed by atoms with Gasteiger partial charge in [0.1, 0.15) is 5.82 Å². The minimum absolute atomic E-state index is 0.224. The van der Waals surface area contributed by atoms with Gasteiger partial charge in [-0.25, -0.2) is 9.53 Å². The molecule has 1 heterocycles. The second-order valence-corrected chi connectivity index (χ2v) is 7.27. The molecule has 1 fully saturated rings. The van der Waals surface area contributed by atoms with E-state index in [-0.39, 0.29) is 5.69 Å². The summed E-state index contributed by atoms with van der Waals surface area (Å²) in [5.41, 5.74) is -0.832. The molecule has 0 amide bonds. The molecule has 0 aromatic heterocycles. The van der Waals surface area contributed by atoms with E-state index in [9.17, 15) is 12.8 Å². The fourth-order valence-corrected chi connectivity index (χ4v) is 2.37. The van der Waals surface area contributed by atoms with Gasteiger partial charge >= 0.3 is 7.12 Å². The van der Waals surface area contributed by atoms with E-state index < -0.39 is 34.3 Å². The smallest absolute Gasteiger partial charge is 0.399 e. The molecule has 1 aliphatic heterocycles. The zero-order valence-electron chi connectivity index (χ0n) is 12.3. The van der Waals surface area contributed by atoms with Crippen molar-refractivity contribution in [3.05, 3.63) is 24.0 Å². The summed E-state index contributed by atoms with van der Waals surface area (Å²) in [5.74, 6) is -0.753. The normalized spacial score (nSPS) is 20.6. The third-order valence-electron chi connectivity index (χ3n) is 3.77. The van der Waals surface area contributed by atoms with Crippen LogP contribution in [0.15, 0.2) is 18.2 Å². The molecule has 1 saturated heterocycles. The number of benzene rings is 1. The van der Waals surface area contributed by atoms with Crippen molar-refractivity contribution >= 4 is 28.5 Å². The van der Waals surface area contributed by atoms with Gasteiger partial charge in [-0.05, 0) is 45.3 Å². The molecule has 0 radical (unpaired) electrons. The highest BCUT2D eigenvalue weighted by Crippen LogP contribution is 2.36. The summed E-state index contributed by atoms with van der Waals surface area (Å²) in [4.78, 5) is 0. The Bertz CT molecular complexity index is 647. The van der Waals surface area contributed by atoms with Crippen molar-refractivity contribution in [1.29, 1.82) is 0 Å². The van der Waals surface area contributed by atoms with E-state index in [1.807, 2.05) is 32.4 Å². The minimum atomic E-state index is -4.02. The Balaban J connectivity index is 2.26. The summed E-state index contributed by atoms with van der Waals surface area (Å²) in [7, 11) is -4.74. The quantitative estimate of drug-likeness (QED) is 0.805. The van der Waals surface area contributed by atoms with Gasteiger partial charge in [-0.15, -0.1) is 0 Å². The van der Waals surface area contributed by atoms with E-state index in [1.165, 1.54) is 12.1 Å². The summed E-state index contributed by atoms with van der Waals surface area (Å²) in [6.07, 6.45) is 0. The summed E-state index contributed by atoms with van der Waals surface area (Å²) < 4.78 is 49.2. The van der Waals surface area contributed by atoms with Crippen LogP contribution < -0.4 is 15.3 Å². The first-order chi connectivity index (χ1) is 9.41. The number of nitrogens with two attached hydrogens (primary N) is 1. The van der Waals surface area contributed by atoms with Crippen LogP contribution in [-0.4, -0.2) is 26.7 Å². The highest BCUT2D eigenvalue weighted by atomic mass is 32.2. The molecule has 0 saturated carbocycles. The molecule has 116 valence electrons. The first kappa shape index (κ1) is 16.2. The number of nitrogens with one attached hydrogen (secondary N) is 1. The van der Waals surface area contributed by atoms with Crippen LogP contribution >= 0.6 is 0 Å². The lowest BCUT2D eigenvalue weighted by atomic mass is 9.79. The molecular weight excluding hydrogens is 298 g/mol. The number of rotatable bonds is 3. The van der Waals surface area contributed by atoms with Crippen molar-refractivity contribution in [3.8, 4) is 0 Å². The van der Waals surface area contributed by atoms with Crippen LogP contribution in [0.5, 0.6) is 0 Å². The van der Waals surface area contributed by atoms with Crippen LogP contribution in [0.25, 0.3) is 0 Å². The van der Waals surface area contributed by atoms with Gasteiger partial charge in [-0.1, -0.05) is 6.07 Å². The average molecular weight is 316 g/mol. The molecule has 0 bridgehead atoms. The molecule has 0 atom stereocenters. The lowest BCUT2D eigenvalue weighted by Gasteiger charge is -2.32. The largest absolute Gasteiger partial charge is 0.494 e. The number of anilines is 1. The van der Waals surface area contributed by atoms with Gasteiger partial charge in [0.25, 0.3) is 10.2 Å². The van der Waals surface area contributed by atoms with Gasteiger partial charge in [0.05, 0.1) is 16.9 Å². The Morgan fingerprint density at radius 3 is 2.14 bits per heavy atom. The van der Waals surface area contributed by atoms with Gasteiger partial charge in [-0.2, -0.15) is 8.42 Å². The summed E-state index contributed by atoms with van der Waals surface area (Å²) >= 11 is 0. The fraction of sp³-hybridized carbons (Fsp3) is 0.500. The predicted octanol–water partition coefficient (Wildman–Crippen LogP) is 0.740. The SMILES string of the molecule is CC1(C)OB(c2ccc(NS(N)(=O)=O)c(F)c2)OC1(C)C. The van der Waals surface area contributed by atoms with E-state index in [2.05, 4.69) is 0 Å². The van der Waals surface area contributed by atoms with E-state index in [1.54, 1.807) is 0 Å². The van der Waals surface area contributed by atoms with Crippen LogP contribution in [0, 0.1) is 5.82 Å². The number of hydrogen-bond acceptors (Lipinski definition) is 4. The Hall–Kier alpha value is -1.16. The standard InChI is InChI=1S/C12H18BFN2O4S/c1-11(2)12(3,4)20-13(19-11)8-5-6-10(9(14)7-8)16-21(15,17)18/h5-7,16H,1-4H3,(H2,15,17,18). The van der Waals surface area contributed by atoms with Crippen LogP contribution in [0.1, 0.15) is 27.7 Å². The van der Waals surface area contributed by atoms with Crippen molar-refractivity contribution in [2.45, 2.75) is 38.9 Å². The Labute approximate surface area is 124 Å². The maximum absolute atomic E-state index is 13.9. The third-order valence-corrected chi connectivity index (χ3v) is 4.28. The molecular formula is C12H18BFN2O4S. The van der Waals surface area contributed by atoms with Crippen LogP contribution in [0.4, 0.5) is 10.1 Å². The molecule has 0 aliphatic carbocycles. The Morgan fingerprint density at radius 1 is 1.19 bits per heavy atom. The third kappa shape index (κ3) is 3.37. The van der Waals surface area contributed by atoms with Crippen molar-refractivity contribution in [2.24, 2.45) is 5.14 Å². The van der Waals surface area contributed by atoms with Crippen LogP contribution in [-0.2, 0) is 19.5 Å². The summed E-state index contributed by atoms with van der Waals surface area (Å²) in [6, 6.07) is 3.97. The lowest BCUT2D eigenvalue weighted by Crippen LogP contribution is -2.41. The van der Waals surface area contributed by atoms with E-state index in [4.69, 9.17) is 14.4 Å². The van der Waals surface area contributed by atoms with Crippen molar-refractivity contribution < 1.29 is 22.1 Å². The van der Waals surface area contributed by atoms with Crippen molar-refractivity contribution in [3.63, 3.8) is 0 Å². The van der Waals surface area contributed by atoms with E-state index >= 15 is 0 Å². The maximum atomic E-state index is 13.9. The highest BCUT2D eigenvalue weighted by Gasteiger charge is 2.51. The molecule has 6 nitrogen and oxygen atoms in total. The number of hydrogen-bond donors (Lipinski definition) is 2. The molecule has 9 heteroatoms. The molecule has 0 unspecified atom stereocenters. The maximum Gasteiger partial charge on any atom is 0.494 e. The second-order valence-electron chi connectivity index (χ2n) is 5.97. The zero-order chi connectivity index (χ0) is 16.1. The Kier molecular flexibility index (Phi) is 3.82. The van der Waals surface area contributed by atoms with Gasteiger partial charge < -0.3 is 9.31 Å². The zero-order valence-corrected chi connectivity index (χ0v) is 13.1. The van der Waals surface area contributed by atoms with Crippen molar-refractivity contribution in [1.82, 2.24) is 0 Å².